The van der Waals surface area contributed by atoms with Gasteiger partial charge in [-0.3, -0.25) is 0 Å². The maximum absolute atomic E-state index is 14.2. The van der Waals surface area contributed by atoms with Crippen molar-refractivity contribution in [2.45, 2.75) is 37.6 Å². The van der Waals surface area contributed by atoms with Crippen LogP contribution >= 0.6 is 11.6 Å². The molecule has 2 nitrogen and oxygen atoms in total. The molecule has 1 fully saturated rings. The van der Waals surface area contributed by atoms with Crippen LogP contribution < -0.4 is 10.5 Å². The third-order valence-corrected chi connectivity index (χ3v) is 3.90. The van der Waals surface area contributed by atoms with Gasteiger partial charge in [0.25, 0.3) is 0 Å². The van der Waals surface area contributed by atoms with E-state index in [1.54, 1.807) is 12.1 Å². The molecular formula is C13H17ClFNO. The zero-order valence-corrected chi connectivity index (χ0v) is 10.7. The Bertz CT molecular complexity index is 416. The van der Waals surface area contributed by atoms with Gasteiger partial charge in [0, 0.05) is 11.1 Å². The molecule has 0 spiro atoms. The average molecular weight is 258 g/mol. The number of methoxy groups -OCH3 is 1. The minimum Gasteiger partial charge on any atom is -0.495 e. The first-order chi connectivity index (χ1) is 8.08. The van der Waals surface area contributed by atoms with Crippen molar-refractivity contribution in [1.29, 1.82) is 0 Å². The molecule has 4 heteroatoms. The molecule has 17 heavy (non-hydrogen) atoms. The number of rotatable bonds is 2. The molecule has 0 heterocycles. The molecule has 1 aliphatic rings. The highest BCUT2D eigenvalue weighted by Crippen LogP contribution is 2.39. The van der Waals surface area contributed by atoms with Crippen LogP contribution in [0.25, 0.3) is 0 Å². The van der Waals surface area contributed by atoms with Gasteiger partial charge in [-0.05, 0) is 18.9 Å². The summed E-state index contributed by atoms with van der Waals surface area (Å²) in [6.07, 6.45) is 4.88. The van der Waals surface area contributed by atoms with Gasteiger partial charge < -0.3 is 10.5 Å². The highest BCUT2D eigenvalue weighted by atomic mass is 35.5. The summed E-state index contributed by atoms with van der Waals surface area (Å²) >= 11 is 5.92. The van der Waals surface area contributed by atoms with Gasteiger partial charge in [0.1, 0.15) is 10.8 Å². The number of hydrogen-bond acceptors (Lipinski definition) is 2. The molecular weight excluding hydrogens is 241 g/mol. The predicted molar refractivity (Wildman–Crippen MR) is 66.9 cm³/mol. The first-order valence-corrected chi connectivity index (χ1v) is 6.27. The fraction of sp³-hybridized carbons (Fsp3) is 0.538. The van der Waals surface area contributed by atoms with Crippen LogP contribution in [0.2, 0.25) is 5.02 Å². The van der Waals surface area contributed by atoms with Crippen molar-refractivity contribution < 1.29 is 9.13 Å². The van der Waals surface area contributed by atoms with Crippen molar-refractivity contribution in [3.8, 4) is 5.75 Å². The molecule has 0 radical (unpaired) electrons. The first-order valence-electron chi connectivity index (χ1n) is 5.90. The van der Waals surface area contributed by atoms with E-state index in [1.165, 1.54) is 13.5 Å². The standard InChI is InChI=1S/C13H17ClFNO/c1-17-10-6-5-9(12(15)11(10)14)13(16)7-3-2-4-8-13/h5-6H,2-4,7-8,16H2,1H3. The maximum atomic E-state index is 14.2. The van der Waals surface area contributed by atoms with Crippen molar-refractivity contribution in [2.75, 3.05) is 7.11 Å². The van der Waals surface area contributed by atoms with Gasteiger partial charge in [0.05, 0.1) is 7.11 Å². The minimum absolute atomic E-state index is 0.0281. The topological polar surface area (TPSA) is 35.2 Å². The first kappa shape index (κ1) is 12.7. The lowest BCUT2D eigenvalue weighted by atomic mass is 9.77. The van der Waals surface area contributed by atoms with Crippen LogP contribution in [0.5, 0.6) is 5.75 Å². The molecule has 1 saturated carbocycles. The van der Waals surface area contributed by atoms with Crippen LogP contribution in [-0.2, 0) is 5.54 Å². The Labute approximate surface area is 106 Å². The molecule has 0 amide bonds. The fourth-order valence-corrected chi connectivity index (χ4v) is 2.77. The molecule has 2 rings (SSSR count). The van der Waals surface area contributed by atoms with Gasteiger partial charge in [-0.1, -0.05) is 36.9 Å². The highest BCUT2D eigenvalue weighted by Gasteiger charge is 2.33. The van der Waals surface area contributed by atoms with E-state index in [2.05, 4.69) is 0 Å². The van der Waals surface area contributed by atoms with Crippen molar-refractivity contribution in [3.63, 3.8) is 0 Å². The summed E-state index contributed by atoms with van der Waals surface area (Å²) in [5.41, 5.74) is 6.25. The Morgan fingerprint density at radius 2 is 1.94 bits per heavy atom. The summed E-state index contributed by atoms with van der Waals surface area (Å²) < 4.78 is 19.2. The molecule has 0 saturated heterocycles. The van der Waals surface area contributed by atoms with E-state index in [9.17, 15) is 4.39 Å². The molecule has 0 unspecified atom stereocenters. The number of hydrogen-bond donors (Lipinski definition) is 1. The van der Waals surface area contributed by atoms with E-state index in [4.69, 9.17) is 22.1 Å². The van der Waals surface area contributed by atoms with Crippen LogP contribution in [0.1, 0.15) is 37.7 Å². The number of nitrogens with two attached hydrogens (primary N) is 1. The molecule has 0 bridgehead atoms. The Morgan fingerprint density at radius 3 is 2.53 bits per heavy atom. The SMILES string of the molecule is COc1ccc(C2(N)CCCCC2)c(F)c1Cl. The fourth-order valence-electron chi connectivity index (χ4n) is 2.53. The third-order valence-electron chi connectivity index (χ3n) is 3.55. The summed E-state index contributed by atoms with van der Waals surface area (Å²) in [6, 6.07) is 3.38. The van der Waals surface area contributed by atoms with Gasteiger partial charge >= 0.3 is 0 Å². The number of benzene rings is 1. The lowest BCUT2D eigenvalue weighted by Crippen LogP contribution is -2.39. The van der Waals surface area contributed by atoms with Gasteiger partial charge in [0.15, 0.2) is 5.82 Å². The van der Waals surface area contributed by atoms with Gasteiger partial charge in [0.2, 0.25) is 0 Å². The molecule has 1 aromatic carbocycles. The molecule has 0 aliphatic heterocycles. The maximum Gasteiger partial charge on any atom is 0.150 e. The van der Waals surface area contributed by atoms with E-state index in [-0.39, 0.29) is 5.02 Å². The van der Waals surface area contributed by atoms with Crippen LogP contribution in [0, 0.1) is 5.82 Å². The lowest BCUT2D eigenvalue weighted by Gasteiger charge is -2.34. The normalized spacial score (nSPS) is 19.1. The summed E-state index contributed by atoms with van der Waals surface area (Å²) in [4.78, 5) is 0. The van der Waals surface area contributed by atoms with Gasteiger partial charge in [-0.2, -0.15) is 0 Å². The minimum atomic E-state index is -0.571. The third kappa shape index (κ3) is 2.26. The van der Waals surface area contributed by atoms with Gasteiger partial charge in [-0.15, -0.1) is 0 Å². The Kier molecular flexibility index (Phi) is 3.59. The second kappa shape index (κ2) is 4.83. The molecule has 2 N–H and O–H groups in total. The second-order valence-electron chi connectivity index (χ2n) is 4.66. The smallest absolute Gasteiger partial charge is 0.150 e. The van der Waals surface area contributed by atoms with E-state index in [0.29, 0.717) is 11.3 Å². The van der Waals surface area contributed by atoms with E-state index >= 15 is 0 Å². The summed E-state index contributed by atoms with van der Waals surface area (Å²) in [5.74, 6) is -0.0808. The zero-order valence-electron chi connectivity index (χ0n) is 9.93. The predicted octanol–water partition coefficient (Wildman–Crippen LogP) is 3.61. The summed E-state index contributed by atoms with van der Waals surface area (Å²) in [7, 11) is 1.47. The van der Waals surface area contributed by atoms with Gasteiger partial charge in [-0.25, -0.2) is 4.39 Å². The summed E-state index contributed by atoms with van der Waals surface area (Å²) in [5, 5.41) is 0.0281. The second-order valence-corrected chi connectivity index (χ2v) is 5.04. The van der Waals surface area contributed by atoms with Crippen molar-refractivity contribution >= 4 is 11.6 Å². The highest BCUT2D eigenvalue weighted by molar-refractivity contribution is 6.32. The average Bonchev–Trinajstić information content (AvgIpc) is 2.33. The van der Waals surface area contributed by atoms with E-state index < -0.39 is 11.4 Å². The van der Waals surface area contributed by atoms with Crippen LogP contribution in [-0.4, -0.2) is 7.11 Å². The van der Waals surface area contributed by atoms with Crippen molar-refractivity contribution in [2.24, 2.45) is 5.73 Å². The van der Waals surface area contributed by atoms with Crippen molar-refractivity contribution in [3.05, 3.63) is 28.5 Å². The number of ether oxygens (including phenoxy) is 1. The van der Waals surface area contributed by atoms with E-state index in [1.807, 2.05) is 0 Å². The monoisotopic (exact) mass is 257 g/mol. The van der Waals surface area contributed by atoms with E-state index in [0.717, 1.165) is 25.7 Å². The molecule has 0 aromatic heterocycles. The Morgan fingerprint density at radius 1 is 1.29 bits per heavy atom. The molecule has 0 atom stereocenters. The Hall–Kier alpha value is -0.800. The quantitative estimate of drug-likeness (QED) is 0.879. The molecule has 1 aliphatic carbocycles. The van der Waals surface area contributed by atoms with Crippen LogP contribution in [0.3, 0.4) is 0 Å². The largest absolute Gasteiger partial charge is 0.495 e. The molecule has 1 aromatic rings. The molecule has 94 valence electrons. The Balaban J connectivity index is 2.42. The zero-order chi connectivity index (χ0) is 12.5. The summed E-state index contributed by atoms with van der Waals surface area (Å²) in [6.45, 7) is 0. The van der Waals surface area contributed by atoms with Crippen molar-refractivity contribution in [1.82, 2.24) is 0 Å². The van der Waals surface area contributed by atoms with Crippen LogP contribution in [0.15, 0.2) is 12.1 Å². The number of halogens is 2. The van der Waals surface area contributed by atoms with Crippen LogP contribution in [0.4, 0.5) is 4.39 Å². The lowest BCUT2D eigenvalue weighted by molar-refractivity contribution is 0.292.